The lowest BCUT2D eigenvalue weighted by molar-refractivity contribution is -0.434. The van der Waals surface area contributed by atoms with Gasteiger partial charge < -0.3 is 27.0 Å². The number of aromatic hydroxyl groups is 1. The molecule has 0 saturated heterocycles. The number of hydrogen-bond acceptors (Lipinski definition) is 26. The fourth-order valence-corrected chi connectivity index (χ4v) is 9.40. The molecule has 0 heterocycles. The van der Waals surface area contributed by atoms with Crippen LogP contribution in [0, 0.1) is 0 Å². The zero-order chi connectivity index (χ0) is 49.2. The molecule has 0 aliphatic carbocycles. The van der Waals surface area contributed by atoms with E-state index >= 15 is 0 Å². The van der Waals surface area contributed by atoms with Crippen LogP contribution >= 0.6 is 24.4 Å². The second kappa shape index (κ2) is 22.0. The molecule has 358 valence electrons. The quantitative estimate of drug-likeness (QED) is 0.00634. The van der Waals surface area contributed by atoms with E-state index in [4.69, 9.17) is 36.6 Å². The summed E-state index contributed by atoms with van der Waals surface area (Å²) in [6, 6.07) is 20.9. The zero-order valence-corrected chi connectivity index (χ0v) is 38.4. The number of phenols is 1. The summed E-state index contributed by atoms with van der Waals surface area (Å²) in [6.07, 6.45) is 0. The first-order valence-electron chi connectivity index (χ1n) is 18.4. The fourth-order valence-electron chi connectivity index (χ4n) is 5.77. The molecule has 6 aromatic rings. The van der Waals surface area contributed by atoms with Gasteiger partial charge in [0.25, 0.3) is 20.1 Å². The lowest BCUT2D eigenvalue weighted by atomic mass is 10.1. The Morgan fingerprint density at radius 1 is 0.676 bits per heavy atom. The number of nitrogen functional groups attached to an aromatic ring is 3. The van der Waals surface area contributed by atoms with E-state index in [1.165, 1.54) is 98.1 Å². The van der Waals surface area contributed by atoms with Crippen molar-refractivity contribution in [3.8, 4) is 11.5 Å². The number of nitrogens with zero attached hydrogens (tertiary/aromatic N) is 6. The van der Waals surface area contributed by atoms with Crippen LogP contribution in [-0.2, 0) is 52.9 Å². The molecule has 11 N–H and O–H groups in total. The Morgan fingerprint density at radius 2 is 1.25 bits per heavy atom. The predicted octanol–water partition coefficient (Wildman–Crippen LogP) is 8.80. The smallest absolute Gasteiger partial charge is 0.296 e. The monoisotopic (exact) mass is 1030 g/mol. The minimum Gasteiger partial charge on any atom is -0.505 e. The standard InChI is InChI=1S/C37H34N10O16S5/c1-58-30-19-29(27(38)18-28(30)39)44-41-21-2-4-24(5-3-21)47-67(53,54)26-12-8-23(9-13-26)43-46-36-32(68(55,56)57)17-20-16-31(64-62-60-49)35(37(48)33(20)34(36)40)45-42-22-6-10-25(11-7-22)66(51,52)15-14-59-65-63-61-50/h2-13,16-19,47-50H,14-15,38-40H2,1H3,(H,55,56,57)/b44-41+,45-42+,46-43+. The molecule has 0 fully saturated rings. The van der Waals surface area contributed by atoms with Gasteiger partial charge in [0, 0.05) is 11.8 Å². The lowest BCUT2D eigenvalue weighted by Crippen LogP contribution is -2.12. The average Bonchev–Trinajstić information content (AvgIpc) is 3.30. The molecule has 0 amide bonds. The van der Waals surface area contributed by atoms with E-state index in [2.05, 4.69) is 54.2 Å². The number of nitrogens with two attached hydrogens (primary N) is 3. The van der Waals surface area contributed by atoms with Crippen molar-refractivity contribution in [1.29, 1.82) is 0 Å². The topological polar surface area (TPSA) is 403 Å². The average molecular weight is 1040 g/mol. The number of azo groups is 3. The highest BCUT2D eigenvalue weighted by molar-refractivity contribution is 7.94. The van der Waals surface area contributed by atoms with Crippen molar-refractivity contribution >= 4 is 122 Å². The number of nitrogens with one attached hydrogen (secondary N) is 1. The summed E-state index contributed by atoms with van der Waals surface area (Å²) in [5.74, 6) is -0.846. The third kappa shape index (κ3) is 12.5. The fraction of sp³-hybridized carbons (Fsp3) is 0.0811. The summed E-state index contributed by atoms with van der Waals surface area (Å²) in [5, 5.41) is 59.3. The van der Waals surface area contributed by atoms with E-state index in [1.807, 2.05) is 0 Å². The Kier molecular flexibility index (Phi) is 16.5. The number of anilines is 4. The summed E-state index contributed by atoms with van der Waals surface area (Å²) in [6.45, 7) is -0.328. The van der Waals surface area contributed by atoms with Gasteiger partial charge in [0.05, 0.1) is 85.7 Å². The van der Waals surface area contributed by atoms with Gasteiger partial charge in [-0.2, -0.15) is 23.8 Å². The molecule has 0 saturated carbocycles. The van der Waals surface area contributed by atoms with E-state index in [9.17, 15) is 34.9 Å². The van der Waals surface area contributed by atoms with Crippen LogP contribution in [0.15, 0.2) is 147 Å². The van der Waals surface area contributed by atoms with Crippen LogP contribution in [0.4, 0.5) is 56.9 Å². The molecule has 68 heavy (non-hydrogen) atoms. The number of sulfone groups is 1. The number of fused-ring (bicyclic) bond motifs is 1. The van der Waals surface area contributed by atoms with Crippen LogP contribution in [0.1, 0.15) is 0 Å². The molecule has 0 aromatic heterocycles. The summed E-state index contributed by atoms with van der Waals surface area (Å²) in [4.78, 5) is -1.30. The number of hydrogen-bond donors (Lipinski definition) is 8. The number of methoxy groups -OCH3 is 1. The predicted molar refractivity (Wildman–Crippen MR) is 245 cm³/mol. The first-order valence-corrected chi connectivity index (χ1v) is 24.4. The van der Waals surface area contributed by atoms with Gasteiger partial charge in [0.1, 0.15) is 27.7 Å². The van der Waals surface area contributed by atoms with Crippen LogP contribution in [-0.4, -0.2) is 64.9 Å². The van der Waals surface area contributed by atoms with Gasteiger partial charge in [0.2, 0.25) is 0 Å². The van der Waals surface area contributed by atoms with Gasteiger partial charge >= 0.3 is 0 Å². The van der Waals surface area contributed by atoms with Crippen molar-refractivity contribution in [1.82, 2.24) is 0 Å². The highest BCUT2D eigenvalue weighted by Crippen LogP contribution is 2.50. The molecular formula is C37H34N10O16S5. The summed E-state index contributed by atoms with van der Waals surface area (Å²) < 4.78 is 108. The highest BCUT2D eigenvalue weighted by atomic mass is 32.2. The Morgan fingerprint density at radius 3 is 1.84 bits per heavy atom. The van der Waals surface area contributed by atoms with E-state index in [0.717, 1.165) is 6.07 Å². The van der Waals surface area contributed by atoms with Crippen LogP contribution < -0.4 is 26.7 Å². The van der Waals surface area contributed by atoms with Crippen LogP contribution in [0.25, 0.3) is 10.8 Å². The Bertz CT molecular complexity index is 3240. The Balaban J connectivity index is 1.23. The maximum Gasteiger partial charge on any atom is 0.296 e. The number of benzene rings is 6. The number of sulfonamides is 1. The first kappa shape index (κ1) is 50.8. The summed E-state index contributed by atoms with van der Waals surface area (Å²) in [5.41, 5.74) is 18.2. The molecule has 6 rings (SSSR count). The minimum absolute atomic E-state index is 0.000625. The van der Waals surface area contributed by atoms with E-state index < -0.39 is 57.8 Å². The minimum atomic E-state index is -5.10. The molecule has 6 aromatic carbocycles. The highest BCUT2D eigenvalue weighted by Gasteiger charge is 2.26. The maximum atomic E-state index is 13.3. The molecule has 0 unspecified atom stereocenters. The van der Waals surface area contributed by atoms with Gasteiger partial charge in [-0.15, -0.1) is 24.0 Å². The molecule has 26 nitrogen and oxygen atoms in total. The summed E-state index contributed by atoms with van der Waals surface area (Å²) >= 11 is 0.509. The van der Waals surface area contributed by atoms with Gasteiger partial charge in [-0.05, 0) is 96.4 Å². The third-order valence-electron chi connectivity index (χ3n) is 8.93. The third-order valence-corrected chi connectivity index (χ3v) is 13.9. The largest absolute Gasteiger partial charge is 0.505 e. The molecule has 0 aliphatic rings. The second-order valence-corrected chi connectivity index (χ2v) is 19.7. The van der Waals surface area contributed by atoms with Gasteiger partial charge in [0.15, 0.2) is 27.9 Å². The van der Waals surface area contributed by atoms with Crippen molar-refractivity contribution in [2.24, 2.45) is 30.7 Å². The molecule has 31 heteroatoms. The number of ether oxygens (including phenoxy) is 1. The van der Waals surface area contributed by atoms with Gasteiger partial charge in [-0.3, -0.25) is 13.5 Å². The van der Waals surface area contributed by atoms with E-state index in [0.29, 0.717) is 34.9 Å². The van der Waals surface area contributed by atoms with Crippen LogP contribution in [0.2, 0.25) is 0 Å². The van der Waals surface area contributed by atoms with Crippen molar-refractivity contribution in [2.45, 2.75) is 19.6 Å². The molecule has 0 spiro atoms. The van der Waals surface area contributed by atoms with Gasteiger partial charge in [-0.25, -0.2) is 27.4 Å². The van der Waals surface area contributed by atoms with Crippen molar-refractivity contribution in [3.05, 3.63) is 97.1 Å². The molecule has 0 atom stereocenters. The second-order valence-electron chi connectivity index (χ2n) is 13.3. The number of rotatable bonds is 21. The lowest BCUT2D eigenvalue weighted by Gasteiger charge is -2.14. The SMILES string of the molecule is COc1cc(/N=N/c2ccc(NS(=O)(=O)c3ccc(/N=N/c4c(S(=O)(=O)O)cc5cc(SOOO)c(/N=N/c6ccc(S(=O)(=O)CCOSOOO)cc6)c(O)c5c4N)cc3)cc2)c(N)cc1N. The molecular weight excluding hydrogens is 1000 g/mol. The van der Waals surface area contributed by atoms with Crippen LogP contribution in [0.3, 0.4) is 0 Å². The normalized spacial score (nSPS) is 12.5. The Hall–Kier alpha value is -6.59. The van der Waals surface area contributed by atoms with Crippen molar-refractivity contribution < 1.29 is 73.1 Å². The molecule has 0 bridgehead atoms. The summed E-state index contributed by atoms with van der Waals surface area (Å²) in [7, 11) is -11.7. The van der Waals surface area contributed by atoms with Crippen LogP contribution in [0.5, 0.6) is 11.5 Å². The van der Waals surface area contributed by atoms with Gasteiger partial charge in [-0.1, -0.05) is 10.1 Å². The molecule has 0 aliphatic heterocycles. The van der Waals surface area contributed by atoms with Crippen molar-refractivity contribution in [3.63, 3.8) is 0 Å². The Labute approximate surface area is 393 Å². The number of phenolic OH excluding ortho intramolecular Hbond substituents is 1. The first-order chi connectivity index (χ1) is 32.3. The van der Waals surface area contributed by atoms with E-state index in [1.54, 1.807) is 0 Å². The zero-order valence-electron chi connectivity index (χ0n) is 34.3. The van der Waals surface area contributed by atoms with Crippen molar-refractivity contribution in [2.75, 3.05) is 41.4 Å². The van der Waals surface area contributed by atoms with E-state index in [-0.39, 0.29) is 72.8 Å². The molecule has 0 radical (unpaired) electrons. The maximum absolute atomic E-state index is 13.3.